The van der Waals surface area contributed by atoms with Crippen LogP contribution in [0.15, 0.2) is 15.2 Å². The summed E-state index contributed by atoms with van der Waals surface area (Å²) in [5, 5.41) is 6.50. The summed E-state index contributed by atoms with van der Waals surface area (Å²) in [6.45, 7) is 0.574. The summed E-state index contributed by atoms with van der Waals surface area (Å²) in [7, 11) is 0. The van der Waals surface area contributed by atoms with Gasteiger partial charge in [-0.2, -0.15) is 0 Å². The van der Waals surface area contributed by atoms with Gasteiger partial charge in [0.2, 0.25) is 0 Å². The van der Waals surface area contributed by atoms with Gasteiger partial charge in [0.25, 0.3) is 0 Å². The highest BCUT2D eigenvalue weighted by atomic mass is 32.2. The molecule has 0 unspecified atom stereocenters. The van der Waals surface area contributed by atoms with E-state index in [0.29, 0.717) is 12.1 Å². The van der Waals surface area contributed by atoms with Gasteiger partial charge in [0.1, 0.15) is 0 Å². The maximum Gasteiger partial charge on any atom is 0.304 e. The molecule has 0 atom stereocenters. The number of amidine groups is 1. The van der Waals surface area contributed by atoms with Crippen molar-refractivity contribution in [3.8, 4) is 0 Å². The number of rotatable bonds is 2. The molecule has 2 N–H and O–H groups in total. The Hall–Kier alpha value is -0.750. The molecular weight excluding hydrogens is 266 g/mol. The predicted octanol–water partition coefficient (Wildman–Crippen LogP) is 2.33. The Kier molecular flexibility index (Phi) is 3.48. The fourth-order valence-corrected chi connectivity index (χ4v) is 4.43. The van der Waals surface area contributed by atoms with Gasteiger partial charge in [-0.1, -0.05) is 42.4 Å². The molecule has 0 aromatic carbocycles. The first-order valence-corrected chi connectivity index (χ1v) is 8.24. The highest BCUT2D eigenvalue weighted by molar-refractivity contribution is 8.14. The molecule has 1 aromatic rings. The first-order chi connectivity index (χ1) is 8.76. The van der Waals surface area contributed by atoms with E-state index < -0.39 is 0 Å². The smallest absolute Gasteiger partial charge is 0.304 e. The second kappa shape index (κ2) is 5.09. The number of H-pyrrole nitrogens is 1. The topological polar surface area (TPSA) is 57.2 Å². The van der Waals surface area contributed by atoms with Crippen LogP contribution in [-0.4, -0.2) is 21.4 Å². The van der Waals surface area contributed by atoms with Gasteiger partial charge in [-0.15, -0.1) is 0 Å². The number of thiazole rings is 1. The average Bonchev–Trinajstić information content (AvgIpc) is 2.96. The van der Waals surface area contributed by atoms with Crippen molar-refractivity contribution in [1.82, 2.24) is 10.3 Å². The maximum atomic E-state index is 11.0. The first-order valence-electron chi connectivity index (χ1n) is 6.38. The Balaban J connectivity index is 1.62. The summed E-state index contributed by atoms with van der Waals surface area (Å²) < 4.78 is 0. The quantitative estimate of drug-likeness (QED) is 0.876. The van der Waals surface area contributed by atoms with Crippen LogP contribution in [0.4, 0.5) is 0 Å². The first kappa shape index (κ1) is 12.3. The lowest BCUT2D eigenvalue weighted by atomic mass is 9.83. The molecule has 2 fully saturated rings. The van der Waals surface area contributed by atoms with Gasteiger partial charge in [0, 0.05) is 16.7 Å². The van der Waals surface area contributed by atoms with E-state index in [0.717, 1.165) is 16.6 Å². The predicted molar refractivity (Wildman–Crippen MR) is 77.5 cm³/mol. The molecule has 0 radical (unpaired) electrons. The molecule has 98 valence electrons. The van der Waals surface area contributed by atoms with E-state index in [9.17, 15) is 4.79 Å². The molecule has 1 aliphatic heterocycles. The molecule has 1 saturated heterocycles. The molecule has 6 heteroatoms. The molecule has 1 spiro atoms. The molecule has 4 nitrogen and oxygen atoms in total. The van der Waals surface area contributed by atoms with Crippen molar-refractivity contribution in [2.75, 3.05) is 5.75 Å². The Morgan fingerprint density at radius 2 is 2.17 bits per heavy atom. The van der Waals surface area contributed by atoms with Crippen LogP contribution < -0.4 is 10.2 Å². The second-order valence-electron chi connectivity index (χ2n) is 5.05. The summed E-state index contributed by atoms with van der Waals surface area (Å²) in [4.78, 5) is 18.4. The lowest BCUT2D eigenvalue weighted by Gasteiger charge is -2.32. The Morgan fingerprint density at radius 3 is 2.89 bits per heavy atom. The number of aromatic amines is 1. The molecule has 18 heavy (non-hydrogen) atoms. The molecule has 1 aliphatic carbocycles. The molecule has 0 amide bonds. The SMILES string of the molecule is O=c1[nH]c(CN=C2NC3(CCCCC3)CS2)cs1. The third-order valence-electron chi connectivity index (χ3n) is 3.63. The van der Waals surface area contributed by atoms with Gasteiger partial charge in [-0.3, -0.25) is 9.79 Å². The molecule has 0 bridgehead atoms. The van der Waals surface area contributed by atoms with Crippen LogP contribution >= 0.6 is 23.1 Å². The Bertz CT molecular complexity index is 499. The van der Waals surface area contributed by atoms with Gasteiger partial charge in [0.05, 0.1) is 12.2 Å². The molecule has 1 saturated carbocycles. The number of hydrogen-bond acceptors (Lipinski definition) is 4. The van der Waals surface area contributed by atoms with Gasteiger partial charge >= 0.3 is 4.87 Å². The van der Waals surface area contributed by atoms with Crippen LogP contribution in [0.5, 0.6) is 0 Å². The van der Waals surface area contributed by atoms with Gasteiger partial charge < -0.3 is 10.3 Å². The lowest BCUT2D eigenvalue weighted by molar-refractivity contribution is 0.303. The van der Waals surface area contributed by atoms with E-state index in [4.69, 9.17) is 0 Å². The normalized spacial score (nSPS) is 24.6. The van der Waals surface area contributed by atoms with Crippen LogP contribution in [0.3, 0.4) is 0 Å². The fourth-order valence-electron chi connectivity index (χ4n) is 2.64. The Morgan fingerprint density at radius 1 is 1.33 bits per heavy atom. The van der Waals surface area contributed by atoms with Crippen molar-refractivity contribution in [1.29, 1.82) is 0 Å². The van der Waals surface area contributed by atoms with Gasteiger partial charge in [-0.25, -0.2) is 0 Å². The summed E-state index contributed by atoms with van der Waals surface area (Å²) in [6, 6.07) is 0. The zero-order valence-corrected chi connectivity index (χ0v) is 11.8. The number of nitrogens with one attached hydrogen (secondary N) is 2. The largest absolute Gasteiger partial charge is 0.359 e. The standard InChI is InChI=1S/C12H17N3OS2/c16-11-14-9(7-17-11)6-13-10-15-12(8-18-10)4-2-1-3-5-12/h7H,1-6,8H2,(H,13,15)(H,14,16). The highest BCUT2D eigenvalue weighted by Crippen LogP contribution is 2.36. The number of nitrogens with zero attached hydrogens (tertiary/aromatic N) is 1. The fraction of sp³-hybridized carbons (Fsp3) is 0.667. The van der Waals surface area contributed by atoms with E-state index in [1.54, 1.807) is 0 Å². The number of hydrogen-bond donors (Lipinski definition) is 2. The van der Waals surface area contributed by atoms with Gasteiger partial charge in [0.15, 0.2) is 5.17 Å². The van der Waals surface area contributed by atoms with Crippen LogP contribution in [-0.2, 0) is 6.54 Å². The van der Waals surface area contributed by atoms with Crippen LogP contribution in [0.25, 0.3) is 0 Å². The minimum absolute atomic E-state index is 0.000912. The van der Waals surface area contributed by atoms with Crippen molar-refractivity contribution in [3.05, 3.63) is 20.7 Å². The van der Waals surface area contributed by atoms with E-state index in [1.807, 2.05) is 17.1 Å². The molecule has 2 aliphatic rings. The Labute approximate surface area is 114 Å². The van der Waals surface area contributed by atoms with E-state index in [-0.39, 0.29) is 4.87 Å². The monoisotopic (exact) mass is 283 g/mol. The van der Waals surface area contributed by atoms with Crippen molar-refractivity contribution in [2.45, 2.75) is 44.2 Å². The van der Waals surface area contributed by atoms with E-state index in [2.05, 4.69) is 15.3 Å². The summed E-state index contributed by atoms with van der Waals surface area (Å²) >= 11 is 3.02. The van der Waals surface area contributed by atoms with Crippen LogP contribution in [0.1, 0.15) is 37.8 Å². The molecular formula is C12H17N3OS2. The molecule has 2 heterocycles. The van der Waals surface area contributed by atoms with Gasteiger partial charge in [-0.05, 0) is 12.8 Å². The van der Waals surface area contributed by atoms with Crippen molar-refractivity contribution < 1.29 is 0 Å². The van der Waals surface area contributed by atoms with E-state index >= 15 is 0 Å². The number of aromatic nitrogens is 1. The zero-order valence-electron chi connectivity index (χ0n) is 10.2. The third kappa shape index (κ3) is 2.64. The number of aliphatic imine (C=N–C) groups is 1. The third-order valence-corrected chi connectivity index (χ3v) is 5.55. The summed E-state index contributed by atoms with van der Waals surface area (Å²) in [5.74, 6) is 1.14. The van der Waals surface area contributed by atoms with Crippen molar-refractivity contribution in [2.24, 2.45) is 4.99 Å². The highest BCUT2D eigenvalue weighted by Gasteiger charge is 2.37. The second-order valence-corrected chi connectivity index (χ2v) is 6.86. The maximum absolute atomic E-state index is 11.0. The van der Waals surface area contributed by atoms with Crippen molar-refractivity contribution in [3.63, 3.8) is 0 Å². The lowest BCUT2D eigenvalue weighted by Crippen LogP contribution is -2.45. The summed E-state index contributed by atoms with van der Waals surface area (Å²) in [5.41, 5.74) is 1.22. The molecule has 1 aromatic heterocycles. The zero-order chi connectivity index (χ0) is 12.4. The van der Waals surface area contributed by atoms with Crippen LogP contribution in [0.2, 0.25) is 0 Å². The molecule has 3 rings (SSSR count). The minimum atomic E-state index is 0.000912. The van der Waals surface area contributed by atoms with Crippen LogP contribution in [0, 0.1) is 0 Å². The number of thioether (sulfide) groups is 1. The summed E-state index contributed by atoms with van der Waals surface area (Å²) in [6.07, 6.45) is 6.58. The van der Waals surface area contributed by atoms with Crippen molar-refractivity contribution >= 4 is 28.3 Å². The average molecular weight is 283 g/mol. The van der Waals surface area contributed by atoms with E-state index in [1.165, 1.54) is 43.4 Å². The minimum Gasteiger partial charge on any atom is -0.359 e.